The summed E-state index contributed by atoms with van der Waals surface area (Å²) < 4.78 is 0. The van der Waals surface area contributed by atoms with E-state index in [0.29, 0.717) is 16.3 Å². The quantitative estimate of drug-likeness (QED) is 0.673. The Morgan fingerprint density at radius 3 is 2.42 bits per heavy atom. The van der Waals surface area contributed by atoms with E-state index in [1.165, 1.54) is 30.6 Å². The van der Waals surface area contributed by atoms with Crippen LogP contribution in [0.3, 0.4) is 0 Å². The molecule has 6 heteroatoms. The Morgan fingerprint density at radius 2 is 1.79 bits per heavy atom. The highest BCUT2D eigenvalue weighted by Gasteiger charge is 2.16. The Kier molecular flexibility index (Phi) is 6.84. The number of nitrogen functional groups attached to an aromatic ring is 1. The van der Waals surface area contributed by atoms with Gasteiger partial charge in [0.2, 0.25) is 0 Å². The van der Waals surface area contributed by atoms with Crippen LogP contribution < -0.4 is 11.1 Å². The van der Waals surface area contributed by atoms with E-state index in [2.05, 4.69) is 17.4 Å². The number of hydrogen-bond acceptors (Lipinski definition) is 3. The van der Waals surface area contributed by atoms with Crippen molar-refractivity contribution >= 4 is 53.1 Å². The Bertz CT molecular complexity index is 701. The van der Waals surface area contributed by atoms with Crippen molar-refractivity contribution in [1.29, 1.82) is 0 Å². The van der Waals surface area contributed by atoms with E-state index in [9.17, 15) is 4.79 Å². The maximum Gasteiger partial charge on any atom is 0.257 e. The van der Waals surface area contributed by atoms with Gasteiger partial charge in [0.25, 0.3) is 5.91 Å². The Morgan fingerprint density at radius 1 is 1.12 bits per heavy atom. The average Bonchev–Trinajstić information content (AvgIpc) is 3.02. The SMILES string of the molecule is Cl.Nc1ccc(C(=O)Nc2ccc(SC3CCCC3)cc2)c(Cl)c1. The van der Waals surface area contributed by atoms with Crippen LogP contribution in [0, 0.1) is 0 Å². The minimum absolute atomic E-state index is 0. The molecule has 0 aliphatic heterocycles. The van der Waals surface area contributed by atoms with Crippen molar-refractivity contribution < 1.29 is 4.79 Å². The zero-order valence-electron chi connectivity index (χ0n) is 13.1. The van der Waals surface area contributed by atoms with Gasteiger partial charge >= 0.3 is 0 Å². The molecule has 1 fully saturated rings. The monoisotopic (exact) mass is 382 g/mol. The summed E-state index contributed by atoms with van der Waals surface area (Å²) in [6.07, 6.45) is 5.29. The number of anilines is 2. The van der Waals surface area contributed by atoms with Gasteiger partial charge in [-0.1, -0.05) is 24.4 Å². The fraction of sp³-hybridized carbons (Fsp3) is 0.278. The minimum Gasteiger partial charge on any atom is -0.399 e. The first-order valence-corrected chi connectivity index (χ1v) is 9.01. The topological polar surface area (TPSA) is 55.1 Å². The summed E-state index contributed by atoms with van der Waals surface area (Å²) in [4.78, 5) is 13.5. The molecule has 24 heavy (non-hydrogen) atoms. The molecule has 3 rings (SSSR count). The first-order chi connectivity index (χ1) is 11.1. The zero-order chi connectivity index (χ0) is 16.2. The van der Waals surface area contributed by atoms with Crippen LogP contribution in [-0.4, -0.2) is 11.2 Å². The van der Waals surface area contributed by atoms with Gasteiger partial charge in [-0.3, -0.25) is 4.79 Å². The number of thioether (sulfide) groups is 1. The lowest BCUT2D eigenvalue weighted by molar-refractivity contribution is 0.102. The summed E-state index contributed by atoms with van der Waals surface area (Å²) in [7, 11) is 0. The van der Waals surface area contributed by atoms with Crippen molar-refractivity contribution in [2.45, 2.75) is 35.8 Å². The number of nitrogens with two attached hydrogens (primary N) is 1. The van der Waals surface area contributed by atoms with Crippen LogP contribution >= 0.6 is 35.8 Å². The lowest BCUT2D eigenvalue weighted by atomic mass is 10.2. The number of carbonyl (C=O) groups excluding carboxylic acids is 1. The van der Waals surface area contributed by atoms with Crippen LogP contribution in [0.25, 0.3) is 0 Å². The summed E-state index contributed by atoms with van der Waals surface area (Å²) in [6.45, 7) is 0. The average molecular weight is 383 g/mol. The molecular formula is C18H20Cl2N2OS. The smallest absolute Gasteiger partial charge is 0.257 e. The van der Waals surface area contributed by atoms with Crippen LogP contribution in [0.2, 0.25) is 5.02 Å². The third-order valence-electron chi connectivity index (χ3n) is 3.95. The predicted octanol–water partition coefficient (Wildman–Crippen LogP) is 5.63. The van der Waals surface area contributed by atoms with E-state index in [1.54, 1.807) is 18.2 Å². The summed E-state index contributed by atoms with van der Waals surface area (Å²) >= 11 is 8.00. The Balaban J connectivity index is 0.00000208. The van der Waals surface area contributed by atoms with Gasteiger partial charge < -0.3 is 11.1 Å². The van der Waals surface area contributed by atoms with Gasteiger partial charge in [-0.05, 0) is 55.3 Å². The summed E-state index contributed by atoms with van der Waals surface area (Å²) in [5.74, 6) is -0.230. The summed E-state index contributed by atoms with van der Waals surface area (Å²) in [5, 5.41) is 3.96. The number of carbonyl (C=O) groups is 1. The number of amides is 1. The molecule has 1 aliphatic carbocycles. The lowest BCUT2D eigenvalue weighted by Gasteiger charge is -2.10. The van der Waals surface area contributed by atoms with Gasteiger partial charge in [0, 0.05) is 21.5 Å². The molecule has 1 aliphatic rings. The first-order valence-electron chi connectivity index (χ1n) is 7.75. The van der Waals surface area contributed by atoms with Crippen LogP contribution in [0.15, 0.2) is 47.4 Å². The molecule has 1 amide bonds. The molecule has 0 unspecified atom stereocenters. The number of rotatable bonds is 4. The molecule has 0 heterocycles. The highest BCUT2D eigenvalue weighted by molar-refractivity contribution is 8.00. The molecule has 0 saturated heterocycles. The van der Waals surface area contributed by atoms with Gasteiger partial charge in [-0.2, -0.15) is 0 Å². The maximum atomic E-state index is 12.3. The van der Waals surface area contributed by atoms with E-state index < -0.39 is 0 Å². The van der Waals surface area contributed by atoms with Gasteiger partial charge in [0.1, 0.15) is 0 Å². The summed E-state index contributed by atoms with van der Waals surface area (Å²) in [6, 6.07) is 12.9. The molecule has 2 aromatic carbocycles. The number of halogens is 2. The van der Waals surface area contributed by atoms with Crippen molar-refractivity contribution in [3.8, 4) is 0 Å². The van der Waals surface area contributed by atoms with E-state index in [4.69, 9.17) is 17.3 Å². The van der Waals surface area contributed by atoms with E-state index in [0.717, 1.165) is 10.9 Å². The molecule has 128 valence electrons. The van der Waals surface area contributed by atoms with E-state index >= 15 is 0 Å². The normalized spacial score (nSPS) is 14.2. The van der Waals surface area contributed by atoms with E-state index in [-0.39, 0.29) is 18.3 Å². The molecule has 0 atom stereocenters. The van der Waals surface area contributed by atoms with Gasteiger partial charge in [0.15, 0.2) is 0 Å². The molecule has 0 radical (unpaired) electrons. The second-order valence-electron chi connectivity index (χ2n) is 5.74. The molecule has 1 saturated carbocycles. The highest BCUT2D eigenvalue weighted by atomic mass is 35.5. The van der Waals surface area contributed by atoms with Crippen LogP contribution in [-0.2, 0) is 0 Å². The first kappa shape index (κ1) is 19.0. The van der Waals surface area contributed by atoms with Gasteiger partial charge in [-0.25, -0.2) is 0 Å². The van der Waals surface area contributed by atoms with Crippen molar-refractivity contribution in [1.82, 2.24) is 0 Å². The van der Waals surface area contributed by atoms with Gasteiger partial charge in [0.05, 0.1) is 10.6 Å². The van der Waals surface area contributed by atoms with Crippen molar-refractivity contribution in [3.05, 3.63) is 53.1 Å². The third-order valence-corrected chi connectivity index (χ3v) is 5.62. The van der Waals surface area contributed by atoms with Gasteiger partial charge in [-0.15, -0.1) is 24.2 Å². The summed E-state index contributed by atoms with van der Waals surface area (Å²) in [5.41, 5.74) is 7.37. The van der Waals surface area contributed by atoms with Crippen LogP contribution in [0.1, 0.15) is 36.0 Å². The fourth-order valence-corrected chi connectivity index (χ4v) is 4.25. The highest BCUT2D eigenvalue weighted by Crippen LogP contribution is 2.35. The second kappa shape index (κ2) is 8.65. The third kappa shape index (κ3) is 4.82. The standard InChI is InChI=1S/C18H19ClN2OS.ClH/c19-17-11-12(20)5-10-16(17)18(22)21-13-6-8-15(9-7-13)23-14-3-1-2-4-14;/h5-11,14H,1-4,20H2,(H,21,22);1H. The molecule has 3 N–H and O–H groups in total. The molecule has 3 nitrogen and oxygen atoms in total. The van der Waals surface area contributed by atoms with Crippen LogP contribution in [0.4, 0.5) is 11.4 Å². The molecular weight excluding hydrogens is 363 g/mol. The molecule has 0 aromatic heterocycles. The number of nitrogens with one attached hydrogen (secondary N) is 1. The molecule has 2 aromatic rings. The van der Waals surface area contributed by atoms with Crippen molar-refractivity contribution in [2.24, 2.45) is 0 Å². The zero-order valence-corrected chi connectivity index (χ0v) is 15.5. The Hall–Kier alpha value is -1.36. The molecule has 0 spiro atoms. The largest absolute Gasteiger partial charge is 0.399 e. The van der Waals surface area contributed by atoms with Crippen LogP contribution in [0.5, 0.6) is 0 Å². The minimum atomic E-state index is -0.230. The second-order valence-corrected chi connectivity index (χ2v) is 7.52. The number of benzene rings is 2. The Labute approximate surface area is 157 Å². The predicted molar refractivity (Wildman–Crippen MR) is 106 cm³/mol. The number of hydrogen-bond donors (Lipinski definition) is 2. The lowest BCUT2D eigenvalue weighted by Crippen LogP contribution is -2.12. The van der Waals surface area contributed by atoms with Crippen molar-refractivity contribution in [3.63, 3.8) is 0 Å². The molecule has 0 bridgehead atoms. The fourth-order valence-electron chi connectivity index (χ4n) is 2.73. The maximum absolute atomic E-state index is 12.3. The van der Waals surface area contributed by atoms with E-state index in [1.807, 2.05) is 23.9 Å². The van der Waals surface area contributed by atoms with Crippen molar-refractivity contribution in [2.75, 3.05) is 11.1 Å².